The first-order chi connectivity index (χ1) is 17.4. The molecule has 0 saturated heterocycles. The number of rotatable bonds is 7. The number of nitrogens with one attached hydrogen (secondary N) is 2. The molecule has 4 aromatic rings. The van der Waals surface area contributed by atoms with Crippen LogP contribution in [0.5, 0.6) is 0 Å². The molecule has 4 rings (SSSR count). The van der Waals surface area contributed by atoms with Gasteiger partial charge in [0.25, 0.3) is 11.8 Å². The number of thiol groups is 1. The molecule has 0 fully saturated rings. The van der Waals surface area contributed by atoms with Gasteiger partial charge in [-0.1, -0.05) is 57.9 Å². The monoisotopic (exact) mass is 558 g/mol. The molecule has 0 aliphatic carbocycles. The van der Waals surface area contributed by atoms with Gasteiger partial charge in [-0.3, -0.25) is 14.6 Å². The molecule has 0 saturated carbocycles. The molecule has 3 aromatic carbocycles. The second kappa shape index (κ2) is 11.8. The summed E-state index contributed by atoms with van der Waals surface area (Å²) in [5.74, 6) is -0.788. The average molecular weight is 559 g/mol. The molecule has 1 atom stereocenters. The first-order valence-corrected chi connectivity index (χ1v) is 12.4. The van der Waals surface area contributed by atoms with E-state index in [1.54, 1.807) is 48.9 Å². The van der Waals surface area contributed by atoms with Crippen molar-refractivity contribution in [1.82, 2.24) is 10.4 Å². The number of benzene rings is 3. The third-order valence-electron chi connectivity index (χ3n) is 5.42. The van der Waals surface area contributed by atoms with E-state index in [-0.39, 0.29) is 16.7 Å². The molecular formula is C28H23BrN4O2S. The number of carbonyl (C=O) groups excluding carboxylic acids is 2. The summed E-state index contributed by atoms with van der Waals surface area (Å²) in [5, 5.41) is 6.69. The quantitative estimate of drug-likeness (QED) is 0.144. The molecule has 0 spiro atoms. The highest BCUT2D eigenvalue weighted by molar-refractivity contribution is 9.10. The number of hydrogen-bond acceptors (Lipinski definition) is 5. The fraction of sp³-hybridized carbons (Fsp3) is 0.0714. The zero-order chi connectivity index (χ0) is 25.5. The van der Waals surface area contributed by atoms with Crippen LogP contribution < -0.4 is 10.7 Å². The van der Waals surface area contributed by atoms with Crippen molar-refractivity contribution in [3.63, 3.8) is 0 Å². The van der Waals surface area contributed by atoms with Gasteiger partial charge >= 0.3 is 0 Å². The summed E-state index contributed by atoms with van der Waals surface area (Å²) in [6.45, 7) is 2.00. The van der Waals surface area contributed by atoms with E-state index in [4.69, 9.17) is 12.6 Å². The number of aryl methyl sites for hydroxylation is 1. The standard InChI is InChI=1S/C28H23BrN4O2S/c1-18-5-7-19(8-6-18)17-31-33-28(35)24-16-23(29)9-10-25(24)32-27(34)22-4-2-3-21(15-22)26(36)20-11-13-30-14-12-20/h2-17,26,36H,1H3,(H,32,34)(H,33,35)/b31-17+. The molecular weight excluding hydrogens is 536 g/mol. The second-order valence-electron chi connectivity index (χ2n) is 8.06. The summed E-state index contributed by atoms with van der Waals surface area (Å²) in [5.41, 5.74) is 7.47. The smallest absolute Gasteiger partial charge is 0.273 e. The molecule has 8 heteroatoms. The summed E-state index contributed by atoms with van der Waals surface area (Å²) >= 11 is 8.10. The van der Waals surface area contributed by atoms with E-state index in [2.05, 4.69) is 36.8 Å². The first-order valence-electron chi connectivity index (χ1n) is 11.1. The van der Waals surface area contributed by atoms with Gasteiger partial charge in [0, 0.05) is 22.4 Å². The number of aromatic nitrogens is 1. The lowest BCUT2D eigenvalue weighted by Crippen LogP contribution is -2.21. The van der Waals surface area contributed by atoms with E-state index in [1.807, 2.05) is 55.5 Å². The third kappa shape index (κ3) is 6.47. The van der Waals surface area contributed by atoms with Crippen LogP contribution in [0.3, 0.4) is 0 Å². The Kier molecular flexibility index (Phi) is 8.30. The maximum absolute atomic E-state index is 13.1. The van der Waals surface area contributed by atoms with Crippen LogP contribution in [-0.4, -0.2) is 23.0 Å². The van der Waals surface area contributed by atoms with E-state index in [0.29, 0.717) is 15.7 Å². The number of anilines is 1. The van der Waals surface area contributed by atoms with Crippen LogP contribution in [-0.2, 0) is 0 Å². The van der Waals surface area contributed by atoms with Gasteiger partial charge in [-0.15, -0.1) is 0 Å². The Morgan fingerprint density at radius 1 is 0.944 bits per heavy atom. The topological polar surface area (TPSA) is 83.5 Å². The minimum absolute atomic E-state index is 0.207. The molecule has 0 aliphatic rings. The molecule has 1 unspecified atom stereocenters. The predicted octanol–water partition coefficient (Wildman–Crippen LogP) is 6.19. The molecule has 0 aliphatic heterocycles. The lowest BCUT2D eigenvalue weighted by Gasteiger charge is -2.14. The van der Waals surface area contributed by atoms with E-state index < -0.39 is 5.91 Å². The van der Waals surface area contributed by atoms with E-state index in [9.17, 15) is 9.59 Å². The molecule has 1 heterocycles. The largest absolute Gasteiger partial charge is 0.321 e. The van der Waals surface area contributed by atoms with Crippen molar-refractivity contribution in [3.8, 4) is 0 Å². The average Bonchev–Trinajstić information content (AvgIpc) is 2.91. The van der Waals surface area contributed by atoms with Crippen LogP contribution in [0.1, 0.15) is 48.2 Å². The Balaban J connectivity index is 1.50. The van der Waals surface area contributed by atoms with Crippen molar-refractivity contribution < 1.29 is 9.59 Å². The minimum Gasteiger partial charge on any atom is -0.321 e. The summed E-state index contributed by atoms with van der Waals surface area (Å²) in [4.78, 5) is 30.0. The van der Waals surface area contributed by atoms with Crippen molar-refractivity contribution in [3.05, 3.63) is 129 Å². The Morgan fingerprint density at radius 3 is 2.44 bits per heavy atom. The second-order valence-corrected chi connectivity index (χ2v) is 9.49. The van der Waals surface area contributed by atoms with Gasteiger partial charge in [0.15, 0.2) is 0 Å². The summed E-state index contributed by atoms with van der Waals surface area (Å²) in [7, 11) is 0. The van der Waals surface area contributed by atoms with Crippen molar-refractivity contribution in [2.24, 2.45) is 5.10 Å². The molecule has 2 N–H and O–H groups in total. The van der Waals surface area contributed by atoms with Crippen molar-refractivity contribution in [2.45, 2.75) is 12.2 Å². The number of nitrogens with zero attached hydrogens (tertiary/aromatic N) is 2. The molecule has 2 amide bonds. The maximum atomic E-state index is 13.1. The zero-order valence-electron chi connectivity index (χ0n) is 19.4. The molecule has 36 heavy (non-hydrogen) atoms. The number of carbonyl (C=O) groups is 2. The SMILES string of the molecule is Cc1ccc(/C=N/NC(=O)c2cc(Br)ccc2NC(=O)c2cccc(C(S)c3ccncc3)c2)cc1. The normalized spacial score (nSPS) is 11.8. The van der Waals surface area contributed by atoms with Gasteiger partial charge in [-0.2, -0.15) is 17.7 Å². The van der Waals surface area contributed by atoms with Crippen LogP contribution in [0.25, 0.3) is 0 Å². The predicted molar refractivity (Wildman–Crippen MR) is 150 cm³/mol. The first kappa shape index (κ1) is 25.3. The Labute approximate surface area is 223 Å². The van der Waals surface area contributed by atoms with Gasteiger partial charge in [-0.05, 0) is 66.1 Å². The highest BCUT2D eigenvalue weighted by Gasteiger charge is 2.17. The lowest BCUT2D eigenvalue weighted by atomic mass is 10.0. The van der Waals surface area contributed by atoms with Gasteiger partial charge < -0.3 is 5.32 Å². The summed E-state index contributed by atoms with van der Waals surface area (Å²) in [6, 6.07) is 23.8. The third-order valence-corrected chi connectivity index (χ3v) is 6.51. The van der Waals surface area contributed by atoms with Crippen LogP contribution in [0, 0.1) is 6.92 Å². The van der Waals surface area contributed by atoms with Crippen LogP contribution in [0.15, 0.2) is 101 Å². The molecule has 0 bridgehead atoms. The molecule has 0 radical (unpaired) electrons. The molecule has 6 nitrogen and oxygen atoms in total. The van der Waals surface area contributed by atoms with E-state index in [0.717, 1.165) is 22.3 Å². The van der Waals surface area contributed by atoms with Crippen LogP contribution in [0.4, 0.5) is 5.69 Å². The Morgan fingerprint density at radius 2 is 1.69 bits per heavy atom. The van der Waals surface area contributed by atoms with Gasteiger partial charge in [0.2, 0.25) is 0 Å². The van der Waals surface area contributed by atoms with E-state index >= 15 is 0 Å². The fourth-order valence-electron chi connectivity index (χ4n) is 3.47. The number of amides is 2. The van der Waals surface area contributed by atoms with Crippen LogP contribution in [0.2, 0.25) is 0 Å². The van der Waals surface area contributed by atoms with Gasteiger partial charge in [0.1, 0.15) is 0 Å². The van der Waals surface area contributed by atoms with Gasteiger partial charge in [0.05, 0.1) is 22.7 Å². The number of hydrogen-bond donors (Lipinski definition) is 3. The number of halogens is 1. The zero-order valence-corrected chi connectivity index (χ0v) is 21.8. The fourth-order valence-corrected chi connectivity index (χ4v) is 4.17. The molecule has 1 aromatic heterocycles. The molecule has 180 valence electrons. The van der Waals surface area contributed by atoms with Crippen molar-refractivity contribution >= 4 is 52.3 Å². The summed E-state index contributed by atoms with van der Waals surface area (Å²) < 4.78 is 0.699. The Hall–Kier alpha value is -3.75. The van der Waals surface area contributed by atoms with Crippen LogP contribution >= 0.6 is 28.6 Å². The lowest BCUT2D eigenvalue weighted by molar-refractivity contribution is 0.0956. The number of pyridine rings is 1. The van der Waals surface area contributed by atoms with Gasteiger partial charge in [-0.25, -0.2) is 5.43 Å². The Bertz CT molecular complexity index is 1410. The minimum atomic E-state index is -0.447. The maximum Gasteiger partial charge on any atom is 0.273 e. The van der Waals surface area contributed by atoms with Crippen molar-refractivity contribution in [1.29, 1.82) is 0 Å². The highest BCUT2D eigenvalue weighted by atomic mass is 79.9. The highest BCUT2D eigenvalue weighted by Crippen LogP contribution is 2.29. The van der Waals surface area contributed by atoms with E-state index in [1.165, 1.54) is 0 Å². The summed E-state index contributed by atoms with van der Waals surface area (Å²) in [6.07, 6.45) is 4.98. The number of hydrazone groups is 1. The van der Waals surface area contributed by atoms with Crippen molar-refractivity contribution in [2.75, 3.05) is 5.32 Å².